The fraction of sp³-hybridized carbons (Fsp3) is 0.600. The standard InChI is InChI=1S/C30H46N2O5S/c1-6-8-9-10-12-29(33)31(18-11-20-37-7-2)23-30(34)32(22-26-15-13-24(3)38-26)19-17-25-14-16-27(35-4)28(21-25)36-5/h13-16,21H,6-12,17-20,22-23H2,1-5H3. The summed E-state index contributed by atoms with van der Waals surface area (Å²) in [6, 6.07) is 10.0. The lowest BCUT2D eigenvalue weighted by atomic mass is 10.1. The maximum atomic E-state index is 13.6. The lowest BCUT2D eigenvalue weighted by molar-refractivity contribution is -0.141. The Morgan fingerprint density at radius 2 is 1.66 bits per heavy atom. The van der Waals surface area contributed by atoms with E-state index in [0.29, 0.717) is 57.2 Å². The third-order valence-corrected chi connectivity index (χ3v) is 7.44. The summed E-state index contributed by atoms with van der Waals surface area (Å²) < 4.78 is 16.3. The topological polar surface area (TPSA) is 68.3 Å². The number of carbonyl (C=O) groups is 2. The molecule has 1 aromatic heterocycles. The fourth-order valence-electron chi connectivity index (χ4n) is 4.27. The van der Waals surface area contributed by atoms with Gasteiger partial charge in [-0.3, -0.25) is 9.59 Å². The number of hydrogen-bond donors (Lipinski definition) is 0. The van der Waals surface area contributed by atoms with Gasteiger partial charge in [0.2, 0.25) is 11.8 Å². The summed E-state index contributed by atoms with van der Waals surface area (Å²) in [5, 5.41) is 0. The molecule has 0 radical (unpaired) electrons. The summed E-state index contributed by atoms with van der Waals surface area (Å²) in [6.07, 6.45) is 6.03. The fourth-order valence-corrected chi connectivity index (χ4v) is 5.17. The molecule has 2 rings (SSSR count). The van der Waals surface area contributed by atoms with Crippen LogP contribution < -0.4 is 9.47 Å². The van der Waals surface area contributed by atoms with Crippen molar-refractivity contribution in [1.82, 2.24) is 9.80 Å². The first-order chi connectivity index (χ1) is 18.4. The highest BCUT2D eigenvalue weighted by atomic mass is 32.1. The van der Waals surface area contributed by atoms with Crippen molar-refractivity contribution in [1.29, 1.82) is 0 Å². The van der Waals surface area contributed by atoms with Crippen LogP contribution in [-0.2, 0) is 27.3 Å². The minimum absolute atomic E-state index is 0.0325. The summed E-state index contributed by atoms with van der Waals surface area (Å²) in [5.41, 5.74) is 1.06. The molecule has 0 aliphatic carbocycles. The summed E-state index contributed by atoms with van der Waals surface area (Å²) in [6.45, 7) is 9.12. The molecule has 0 fully saturated rings. The van der Waals surface area contributed by atoms with Gasteiger partial charge in [-0.15, -0.1) is 11.3 Å². The molecule has 7 nitrogen and oxygen atoms in total. The van der Waals surface area contributed by atoms with Crippen LogP contribution in [0.25, 0.3) is 0 Å². The van der Waals surface area contributed by atoms with E-state index in [-0.39, 0.29) is 18.4 Å². The molecule has 0 saturated heterocycles. The van der Waals surface area contributed by atoms with Crippen LogP contribution in [0.1, 0.15) is 67.7 Å². The third kappa shape index (κ3) is 11.0. The molecule has 0 bridgehead atoms. The number of benzene rings is 1. The molecule has 0 unspecified atom stereocenters. The van der Waals surface area contributed by atoms with Crippen LogP contribution in [-0.4, -0.2) is 68.7 Å². The number of nitrogens with zero attached hydrogens (tertiary/aromatic N) is 2. The van der Waals surface area contributed by atoms with E-state index < -0.39 is 0 Å². The lowest BCUT2D eigenvalue weighted by Crippen LogP contribution is -2.43. The summed E-state index contributed by atoms with van der Waals surface area (Å²) in [5.74, 6) is 1.37. The number of carbonyl (C=O) groups excluding carboxylic acids is 2. The number of rotatable bonds is 19. The zero-order valence-corrected chi connectivity index (χ0v) is 24.7. The quantitative estimate of drug-likeness (QED) is 0.206. The highest BCUT2D eigenvalue weighted by Crippen LogP contribution is 2.28. The van der Waals surface area contributed by atoms with E-state index in [2.05, 4.69) is 26.0 Å². The summed E-state index contributed by atoms with van der Waals surface area (Å²) >= 11 is 1.70. The average molecular weight is 547 g/mol. The van der Waals surface area contributed by atoms with Crippen LogP contribution in [0, 0.1) is 6.92 Å². The first-order valence-corrected chi connectivity index (χ1v) is 14.6. The largest absolute Gasteiger partial charge is 0.493 e. The van der Waals surface area contributed by atoms with Crippen LogP contribution in [0.3, 0.4) is 0 Å². The number of methoxy groups -OCH3 is 2. The Morgan fingerprint density at radius 3 is 2.32 bits per heavy atom. The minimum Gasteiger partial charge on any atom is -0.493 e. The van der Waals surface area contributed by atoms with E-state index >= 15 is 0 Å². The van der Waals surface area contributed by atoms with E-state index in [1.807, 2.05) is 30.0 Å². The second kappa shape index (κ2) is 17.8. The van der Waals surface area contributed by atoms with Crippen molar-refractivity contribution in [2.75, 3.05) is 47.1 Å². The second-order valence-electron chi connectivity index (χ2n) is 9.44. The smallest absolute Gasteiger partial charge is 0.242 e. The maximum absolute atomic E-state index is 13.6. The number of amides is 2. The molecule has 212 valence electrons. The number of thiophene rings is 1. The van der Waals surface area contributed by atoms with Crippen molar-refractivity contribution in [2.24, 2.45) is 0 Å². The number of unbranched alkanes of at least 4 members (excludes halogenated alkanes) is 3. The Labute approximate surface area is 233 Å². The minimum atomic E-state index is -0.0325. The van der Waals surface area contributed by atoms with Crippen molar-refractivity contribution in [2.45, 2.75) is 72.3 Å². The molecule has 8 heteroatoms. The van der Waals surface area contributed by atoms with Crippen molar-refractivity contribution < 1.29 is 23.8 Å². The van der Waals surface area contributed by atoms with Crippen molar-refractivity contribution >= 4 is 23.2 Å². The highest BCUT2D eigenvalue weighted by molar-refractivity contribution is 7.11. The Kier molecular flexibility index (Phi) is 14.9. The van der Waals surface area contributed by atoms with Gasteiger partial charge in [0.1, 0.15) is 0 Å². The van der Waals surface area contributed by atoms with Gasteiger partial charge in [-0.25, -0.2) is 0 Å². The zero-order chi connectivity index (χ0) is 27.8. The Bertz CT molecular complexity index is 977. The summed E-state index contributed by atoms with van der Waals surface area (Å²) in [4.78, 5) is 32.7. The molecular formula is C30H46N2O5S. The van der Waals surface area contributed by atoms with E-state index in [1.165, 1.54) is 4.88 Å². The maximum Gasteiger partial charge on any atom is 0.242 e. The van der Waals surface area contributed by atoms with Crippen LogP contribution in [0.4, 0.5) is 0 Å². The van der Waals surface area contributed by atoms with Crippen molar-refractivity contribution in [3.8, 4) is 11.5 Å². The molecule has 0 N–H and O–H groups in total. The first kappa shape index (κ1) is 31.6. The number of aryl methyl sites for hydroxylation is 1. The predicted octanol–water partition coefficient (Wildman–Crippen LogP) is 5.87. The second-order valence-corrected chi connectivity index (χ2v) is 10.8. The molecule has 0 saturated carbocycles. The van der Waals surface area contributed by atoms with Crippen LogP contribution in [0.2, 0.25) is 0 Å². The number of hydrogen-bond acceptors (Lipinski definition) is 6. The average Bonchev–Trinajstić information content (AvgIpc) is 3.34. The molecule has 2 amide bonds. The monoisotopic (exact) mass is 546 g/mol. The van der Waals surface area contributed by atoms with E-state index in [9.17, 15) is 9.59 Å². The normalized spacial score (nSPS) is 10.9. The molecule has 1 aromatic carbocycles. The SMILES string of the molecule is CCCCCCC(=O)N(CCCOCC)CC(=O)N(CCc1ccc(OC)c(OC)c1)Cc1ccc(C)s1. The van der Waals surface area contributed by atoms with Gasteiger partial charge >= 0.3 is 0 Å². The molecule has 2 aromatic rings. The van der Waals surface area contributed by atoms with E-state index in [0.717, 1.165) is 42.5 Å². The molecule has 0 atom stereocenters. The van der Waals surface area contributed by atoms with Gasteiger partial charge in [0, 0.05) is 42.5 Å². The molecule has 38 heavy (non-hydrogen) atoms. The van der Waals surface area contributed by atoms with Crippen LogP contribution in [0.5, 0.6) is 11.5 Å². The van der Waals surface area contributed by atoms with Gasteiger partial charge in [0.15, 0.2) is 11.5 Å². The van der Waals surface area contributed by atoms with Gasteiger partial charge in [-0.05, 0) is 62.9 Å². The van der Waals surface area contributed by atoms with Gasteiger partial charge < -0.3 is 24.0 Å². The van der Waals surface area contributed by atoms with Gasteiger partial charge in [0.25, 0.3) is 0 Å². The highest BCUT2D eigenvalue weighted by Gasteiger charge is 2.22. The van der Waals surface area contributed by atoms with Crippen molar-refractivity contribution in [3.63, 3.8) is 0 Å². The zero-order valence-electron chi connectivity index (χ0n) is 23.9. The van der Waals surface area contributed by atoms with Gasteiger partial charge in [-0.1, -0.05) is 32.3 Å². The van der Waals surface area contributed by atoms with Gasteiger partial charge in [0.05, 0.1) is 27.3 Å². The first-order valence-electron chi connectivity index (χ1n) is 13.8. The van der Waals surface area contributed by atoms with Crippen LogP contribution in [0.15, 0.2) is 30.3 Å². The third-order valence-electron chi connectivity index (χ3n) is 6.46. The summed E-state index contributed by atoms with van der Waals surface area (Å²) in [7, 11) is 3.24. The van der Waals surface area contributed by atoms with Crippen LogP contribution >= 0.6 is 11.3 Å². The molecule has 0 aliphatic heterocycles. The molecule has 1 heterocycles. The van der Waals surface area contributed by atoms with E-state index in [1.54, 1.807) is 30.5 Å². The molecular weight excluding hydrogens is 500 g/mol. The Hall–Kier alpha value is -2.58. The molecule has 0 spiro atoms. The van der Waals surface area contributed by atoms with Crippen molar-refractivity contribution in [3.05, 3.63) is 45.6 Å². The van der Waals surface area contributed by atoms with Gasteiger partial charge in [-0.2, -0.15) is 0 Å². The Morgan fingerprint density at radius 1 is 0.868 bits per heavy atom. The van der Waals surface area contributed by atoms with E-state index in [4.69, 9.17) is 14.2 Å². The molecule has 0 aliphatic rings. The lowest BCUT2D eigenvalue weighted by Gasteiger charge is -2.28. The predicted molar refractivity (Wildman–Crippen MR) is 154 cm³/mol. The Balaban J connectivity index is 2.13. The number of ether oxygens (including phenoxy) is 3.